The monoisotopic (exact) mass is 364 g/mol. The molecule has 5 heteroatoms. The Morgan fingerprint density at radius 1 is 1.11 bits per heavy atom. The number of carboxylic acids is 1. The second-order valence-electron chi connectivity index (χ2n) is 6.80. The number of carboxylic acid groups (broad SMARTS) is 1. The highest BCUT2D eigenvalue weighted by molar-refractivity contribution is 5.98. The second-order valence-corrected chi connectivity index (χ2v) is 6.80. The Kier molecular flexibility index (Phi) is 6.01. The first-order valence-electron chi connectivity index (χ1n) is 9.39. The highest BCUT2D eigenvalue weighted by atomic mass is 16.4. The van der Waals surface area contributed by atoms with E-state index in [0.29, 0.717) is 12.0 Å². The number of pyridine rings is 1. The molecule has 0 saturated heterocycles. The number of aliphatic carboxylic acids is 1. The fourth-order valence-corrected chi connectivity index (χ4v) is 3.23. The molecule has 0 atom stereocenters. The number of unbranched alkanes of at least 4 members (excludes halogenated alkanes) is 3. The van der Waals surface area contributed by atoms with E-state index in [2.05, 4.69) is 11.9 Å². The minimum Gasteiger partial charge on any atom is -0.481 e. The molecule has 2 aromatic heterocycles. The normalized spacial score (nSPS) is 11.0. The van der Waals surface area contributed by atoms with Crippen molar-refractivity contribution in [2.45, 2.75) is 45.4 Å². The molecule has 140 valence electrons. The summed E-state index contributed by atoms with van der Waals surface area (Å²) in [5, 5.41) is 8.92. The molecule has 3 rings (SSSR count). The van der Waals surface area contributed by atoms with Crippen LogP contribution in [0, 0.1) is 0 Å². The van der Waals surface area contributed by atoms with Crippen molar-refractivity contribution in [3.63, 3.8) is 0 Å². The molecular formula is C22H24N2O3. The highest BCUT2D eigenvalue weighted by Crippen LogP contribution is 2.26. The minimum atomic E-state index is -0.853. The molecule has 0 amide bonds. The predicted octanol–water partition coefficient (Wildman–Crippen LogP) is 4.78. The number of carbonyl (C=O) groups is 2. The molecule has 3 aromatic rings. The van der Waals surface area contributed by atoms with Crippen molar-refractivity contribution in [1.82, 2.24) is 9.38 Å². The molecule has 2 heterocycles. The van der Waals surface area contributed by atoms with Gasteiger partial charge in [0, 0.05) is 36.1 Å². The van der Waals surface area contributed by atoms with Crippen molar-refractivity contribution in [2.24, 2.45) is 0 Å². The van der Waals surface area contributed by atoms with Crippen molar-refractivity contribution in [2.75, 3.05) is 0 Å². The van der Waals surface area contributed by atoms with Gasteiger partial charge >= 0.3 is 5.97 Å². The molecule has 0 radical (unpaired) electrons. The predicted molar refractivity (Wildman–Crippen MR) is 105 cm³/mol. The van der Waals surface area contributed by atoms with Crippen LogP contribution >= 0.6 is 0 Å². The van der Waals surface area contributed by atoms with Crippen LogP contribution in [0.2, 0.25) is 0 Å². The fourth-order valence-electron chi connectivity index (χ4n) is 3.23. The van der Waals surface area contributed by atoms with Crippen molar-refractivity contribution >= 4 is 17.4 Å². The molecule has 0 fully saturated rings. The Hall–Kier alpha value is -2.95. The van der Waals surface area contributed by atoms with Crippen molar-refractivity contribution in [3.05, 3.63) is 60.0 Å². The van der Waals surface area contributed by atoms with Gasteiger partial charge in [-0.25, -0.2) is 4.98 Å². The number of carbonyl (C=O) groups excluding carboxylic acids is 1. The summed E-state index contributed by atoms with van der Waals surface area (Å²) in [6, 6.07) is 9.29. The molecule has 0 aliphatic carbocycles. The Morgan fingerprint density at radius 2 is 1.89 bits per heavy atom. The van der Waals surface area contributed by atoms with E-state index in [1.807, 2.05) is 47.1 Å². The summed E-state index contributed by atoms with van der Waals surface area (Å²) in [4.78, 5) is 27.9. The summed E-state index contributed by atoms with van der Waals surface area (Å²) < 4.78 is 1.87. The summed E-state index contributed by atoms with van der Waals surface area (Å²) in [5.41, 5.74) is 4.00. The SMILES string of the molecule is CCCCCCC(=O)c1cc(-c2ccc(CC(=O)O)cc2)c2nccn2c1. The Labute approximate surface area is 158 Å². The molecule has 0 unspecified atom stereocenters. The number of imidazole rings is 1. The lowest BCUT2D eigenvalue weighted by molar-refractivity contribution is -0.136. The van der Waals surface area contributed by atoms with Gasteiger partial charge in [-0.1, -0.05) is 50.5 Å². The quantitative estimate of drug-likeness (QED) is 0.438. The maximum atomic E-state index is 12.6. The number of fused-ring (bicyclic) bond motifs is 1. The molecule has 0 bridgehead atoms. The summed E-state index contributed by atoms with van der Waals surface area (Å²) in [6.45, 7) is 2.16. The van der Waals surface area contributed by atoms with E-state index in [4.69, 9.17) is 5.11 Å². The fraction of sp³-hybridized carbons (Fsp3) is 0.318. The first kappa shape index (κ1) is 18.8. The lowest BCUT2D eigenvalue weighted by Crippen LogP contribution is -2.03. The van der Waals surface area contributed by atoms with Crippen LogP contribution in [-0.4, -0.2) is 26.2 Å². The average Bonchev–Trinajstić information content (AvgIpc) is 3.13. The average molecular weight is 364 g/mol. The van der Waals surface area contributed by atoms with Gasteiger partial charge in [-0.3, -0.25) is 9.59 Å². The topological polar surface area (TPSA) is 71.7 Å². The number of rotatable bonds is 9. The molecule has 0 spiro atoms. The van der Waals surface area contributed by atoms with E-state index in [-0.39, 0.29) is 12.2 Å². The van der Waals surface area contributed by atoms with Crippen LogP contribution in [0.5, 0.6) is 0 Å². The number of benzene rings is 1. The van der Waals surface area contributed by atoms with E-state index in [1.165, 1.54) is 0 Å². The molecular weight excluding hydrogens is 340 g/mol. The maximum absolute atomic E-state index is 12.6. The van der Waals surface area contributed by atoms with Crippen LogP contribution in [0.15, 0.2) is 48.9 Å². The largest absolute Gasteiger partial charge is 0.481 e. The van der Waals surface area contributed by atoms with Gasteiger partial charge < -0.3 is 9.51 Å². The number of hydrogen-bond donors (Lipinski definition) is 1. The van der Waals surface area contributed by atoms with Crippen LogP contribution < -0.4 is 0 Å². The number of aromatic nitrogens is 2. The van der Waals surface area contributed by atoms with Gasteiger partial charge in [0.2, 0.25) is 0 Å². The zero-order chi connectivity index (χ0) is 19.2. The molecule has 1 N–H and O–H groups in total. The Balaban J connectivity index is 1.89. The highest BCUT2D eigenvalue weighted by Gasteiger charge is 2.13. The third-order valence-corrected chi connectivity index (χ3v) is 4.69. The zero-order valence-corrected chi connectivity index (χ0v) is 15.5. The lowest BCUT2D eigenvalue weighted by Gasteiger charge is -2.09. The van der Waals surface area contributed by atoms with Crippen LogP contribution in [0.1, 0.15) is 54.9 Å². The smallest absolute Gasteiger partial charge is 0.307 e. The number of Topliss-reactive ketones (excluding diaryl/α,β-unsaturated/α-hetero) is 1. The Morgan fingerprint density at radius 3 is 2.59 bits per heavy atom. The van der Waals surface area contributed by atoms with Gasteiger partial charge in [-0.2, -0.15) is 0 Å². The molecule has 27 heavy (non-hydrogen) atoms. The van der Waals surface area contributed by atoms with E-state index in [1.54, 1.807) is 6.20 Å². The Bertz CT molecular complexity index is 942. The van der Waals surface area contributed by atoms with Gasteiger partial charge in [0.25, 0.3) is 0 Å². The van der Waals surface area contributed by atoms with E-state index < -0.39 is 5.97 Å². The van der Waals surface area contributed by atoms with Gasteiger partial charge in [-0.05, 0) is 23.6 Å². The van der Waals surface area contributed by atoms with Crippen molar-refractivity contribution < 1.29 is 14.7 Å². The van der Waals surface area contributed by atoms with Gasteiger partial charge in [0.05, 0.1) is 6.42 Å². The minimum absolute atomic E-state index is 0.00461. The third-order valence-electron chi connectivity index (χ3n) is 4.69. The number of hydrogen-bond acceptors (Lipinski definition) is 3. The molecule has 0 aliphatic rings. The maximum Gasteiger partial charge on any atom is 0.307 e. The van der Waals surface area contributed by atoms with Crippen LogP contribution in [-0.2, 0) is 11.2 Å². The summed E-state index contributed by atoms with van der Waals surface area (Å²) >= 11 is 0. The molecule has 0 saturated carbocycles. The van der Waals surface area contributed by atoms with Gasteiger partial charge in [0.15, 0.2) is 5.78 Å². The van der Waals surface area contributed by atoms with E-state index >= 15 is 0 Å². The number of nitrogens with zero attached hydrogens (tertiary/aromatic N) is 2. The van der Waals surface area contributed by atoms with Crippen LogP contribution in [0.3, 0.4) is 0 Å². The summed E-state index contributed by atoms with van der Waals surface area (Å²) in [5.74, 6) is -0.709. The van der Waals surface area contributed by atoms with Crippen molar-refractivity contribution in [3.8, 4) is 11.1 Å². The van der Waals surface area contributed by atoms with Gasteiger partial charge in [0.1, 0.15) is 5.65 Å². The summed E-state index contributed by atoms with van der Waals surface area (Å²) in [7, 11) is 0. The van der Waals surface area contributed by atoms with Gasteiger partial charge in [-0.15, -0.1) is 0 Å². The first-order chi connectivity index (χ1) is 13.1. The van der Waals surface area contributed by atoms with Crippen LogP contribution in [0.4, 0.5) is 0 Å². The standard InChI is InChI=1S/C22H24N2O3/c1-2-3-4-5-6-20(25)18-14-19(22-23-11-12-24(22)15-18)17-9-7-16(8-10-17)13-21(26)27/h7-12,14-15H,2-6,13H2,1H3,(H,26,27). The molecule has 1 aromatic carbocycles. The van der Waals surface area contributed by atoms with Crippen LogP contribution in [0.25, 0.3) is 16.8 Å². The molecule has 0 aliphatic heterocycles. The zero-order valence-electron chi connectivity index (χ0n) is 15.5. The van der Waals surface area contributed by atoms with E-state index in [9.17, 15) is 9.59 Å². The first-order valence-corrected chi connectivity index (χ1v) is 9.39. The summed E-state index contributed by atoms with van der Waals surface area (Å²) in [6.07, 6.45) is 10.2. The lowest BCUT2D eigenvalue weighted by atomic mass is 9.99. The molecule has 5 nitrogen and oxygen atoms in total. The number of ketones is 1. The van der Waals surface area contributed by atoms with Crippen molar-refractivity contribution in [1.29, 1.82) is 0 Å². The van der Waals surface area contributed by atoms with E-state index in [0.717, 1.165) is 48.0 Å². The third kappa shape index (κ3) is 4.61. The second kappa shape index (κ2) is 8.62.